The van der Waals surface area contributed by atoms with Crippen LogP contribution >= 0.6 is 0 Å². The lowest BCUT2D eigenvalue weighted by molar-refractivity contribution is 0.564. The Morgan fingerprint density at radius 1 is 0.362 bits per heavy atom. The Balaban J connectivity index is 1.18. The van der Waals surface area contributed by atoms with Crippen molar-refractivity contribution < 1.29 is 0 Å². The molecule has 2 heterocycles. The molecule has 272 valence electrons. The first-order chi connectivity index (χ1) is 28.8. The Hall–Kier alpha value is -7.62. The molecular formula is C55H37N3. The average molecular weight is 740 g/mol. The molecule has 1 aliphatic rings. The molecule has 12 rings (SSSR count). The summed E-state index contributed by atoms with van der Waals surface area (Å²) in [5.74, 6) is 0. The van der Waals surface area contributed by atoms with Crippen molar-refractivity contribution in [1.29, 1.82) is 0 Å². The van der Waals surface area contributed by atoms with Crippen LogP contribution in [0.25, 0.3) is 60.4 Å². The number of rotatable bonds is 6. The molecule has 0 saturated heterocycles. The number of benzene rings is 9. The van der Waals surface area contributed by atoms with E-state index in [9.17, 15) is 0 Å². The standard InChI is InChI=1S/C55H37N3/c1-4-19-38(20-5-1)55(47-29-14-10-25-42(47)43-26-11-15-30-48(43)55)58-51-32-17-13-28-45(51)54-52(33-18-34-53(54)58)56(39-21-6-2-7-22-39)41-35-36-50-46(37-41)44-27-12-16-31-49(44)57(50)40-23-8-3-9-24-40/h1-37H. The van der Waals surface area contributed by atoms with Crippen LogP contribution < -0.4 is 4.90 Å². The van der Waals surface area contributed by atoms with Crippen LogP contribution in [-0.4, -0.2) is 9.13 Å². The van der Waals surface area contributed by atoms with Crippen molar-refractivity contribution in [3.8, 4) is 16.8 Å². The lowest BCUT2D eigenvalue weighted by Gasteiger charge is -2.36. The minimum atomic E-state index is -0.621. The predicted octanol–water partition coefficient (Wildman–Crippen LogP) is 14.2. The fraction of sp³-hybridized carbons (Fsp3) is 0.0182. The number of anilines is 3. The molecule has 0 saturated carbocycles. The van der Waals surface area contributed by atoms with Gasteiger partial charge in [0, 0.05) is 38.6 Å². The van der Waals surface area contributed by atoms with Gasteiger partial charge in [-0.15, -0.1) is 0 Å². The zero-order chi connectivity index (χ0) is 38.2. The van der Waals surface area contributed by atoms with E-state index in [-0.39, 0.29) is 0 Å². The number of nitrogens with zero attached hydrogens (tertiary/aromatic N) is 3. The zero-order valence-corrected chi connectivity index (χ0v) is 31.7. The highest BCUT2D eigenvalue weighted by Gasteiger charge is 2.47. The van der Waals surface area contributed by atoms with Gasteiger partial charge in [0.2, 0.25) is 0 Å². The molecule has 0 amide bonds. The van der Waals surface area contributed by atoms with Gasteiger partial charge in [0.25, 0.3) is 0 Å². The van der Waals surface area contributed by atoms with E-state index in [1.54, 1.807) is 0 Å². The van der Waals surface area contributed by atoms with Crippen molar-refractivity contribution in [2.75, 3.05) is 4.90 Å². The summed E-state index contributed by atoms with van der Waals surface area (Å²) in [5.41, 5.74) is 15.0. The van der Waals surface area contributed by atoms with Crippen LogP contribution in [0.1, 0.15) is 16.7 Å². The van der Waals surface area contributed by atoms with Crippen molar-refractivity contribution in [3.63, 3.8) is 0 Å². The largest absolute Gasteiger partial charge is 0.322 e. The average Bonchev–Trinajstić information content (AvgIpc) is 3.92. The second-order valence-corrected chi connectivity index (χ2v) is 15.3. The van der Waals surface area contributed by atoms with Gasteiger partial charge in [-0.3, -0.25) is 0 Å². The summed E-state index contributed by atoms with van der Waals surface area (Å²) < 4.78 is 5.02. The SMILES string of the molecule is c1ccc(N(c2ccc3c(c2)c2ccccc2n3-c2ccccc2)c2cccc3c2c2ccccc2n3C2(c3ccccc3)c3ccccc3-c3ccccc32)cc1. The molecule has 0 bridgehead atoms. The first-order valence-electron chi connectivity index (χ1n) is 20.0. The van der Waals surface area contributed by atoms with E-state index in [4.69, 9.17) is 0 Å². The maximum Gasteiger partial charge on any atom is 0.122 e. The normalized spacial score (nSPS) is 13.0. The number of aromatic nitrogens is 2. The predicted molar refractivity (Wildman–Crippen MR) is 242 cm³/mol. The van der Waals surface area contributed by atoms with Crippen LogP contribution in [0.5, 0.6) is 0 Å². The Morgan fingerprint density at radius 2 is 0.914 bits per heavy atom. The zero-order valence-electron chi connectivity index (χ0n) is 31.7. The quantitative estimate of drug-likeness (QED) is 0.165. The van der Waals surface area contributed by atoms with E-state index in [1.165, 1.54) is 71.4 Å². The third-order valence-corrected chi connectivity index (χ3v) is 12.3. The van der Waals surface area contributed by atoms with Crippen molar-refractivity contribution in [2.24, 2.45) is 0 Å². The molecule has 0 spiro atoms. The molecule has 9 aromatic carbocycles. The summed E-state index contributed by atoms with van der Waals surface area (Å²) in [4.78, 5) is 2.46. The number of hydrogen-bond donors (Lipinski definition) is 0. The van der Waals surface area contributed by atoms with Crippen LogP contribution in [0, 0.1) is 0 Å². The molecule has 2 aromatic heterocycles. The van der Waals surface area contributed by atoms with Crippen LogP contribution in [0.4, 0.5) is 17.1 Å². The Morgan fingerprint density at radius 3 is 1.64 bits per heavy atom. The minimum Gasteiger partial charge on any atom is -0.322 e. The smallest absolute Gasteiger partial charge is 0.122 e. The van der Waals surface area contributed by atoms with E-state index in [1.807, 2.05) is 0 Å². The van der Waals surface area contributed by atoms with Gasteiger partial charge in [-0.05, 0) is 94.5 Å². The highest BCUT2D eigenvalue weighted by atomic mass is 15.2. The molecule has 3 heteroatoms. The van der Waals surface area contributed by atoms with Gasteiger partial charge in [0.1, 0.15) is 5.54 Å². The molecule has 3 nitrogen and oxygen atoms in total. The van der Waals surface area contributed by atoms with Crippen LogP contribution in [-0.2, 0) is 5.54 Å². The van der Waals surface area contributed by atoms with Gasteiger partial charge in [0.15, 0.2) is 0 Å². The molecule has 0 aliphatic heterocycles. The van der Waals surface area contributed by atoms with Gasteiger partial charge in [0.05, 0.1) is 27.8 Å². The number of fused-ring (bicyclic) bond motifs is 9. The van der Waals surface area contributed by atoms with Gasteiger partial charge in [-0.2, -0.15) is 0 Å². The van der Waals surface area contributed by atoms with Gasteiger partial charge >= 0.3 is 0 Å². The number of hydrogen-bond acceptors (Lipinski definition) is 1. The summed E-state index contributed by atoms with van der Waals surface area (Å²) in [6, 6.07) is 82.2. The molecule has 0 atom stereocenters. The van der Waals surface area contributed by atoms with Crippen molar-refractivity contribution in [1.82, 2.24) is 9.13 Å². The molecule has 0 unspecified atom stereocenters. The molecule has 1 aliphatic carbocycles. The Kier molecular flexibility index (Phi) is 7.14. The maximum atomic E-state index is 2.64. The first-order valence-corrected chi connectivity index (χ1v) is 20.0. The fourth-order valence-corrected chi connectivity index (χ4v) is 10.1. The lowest BCUT2D eigenvalue weighted by atomic mass is 9.80. The van der Waals surface area contributed by atoms with E-state index in [0.717, 1.165) is 22.7 Å². The van der Waals surface area contributed by atoms with Crippen LogP contribution in [0.2, 0.25) is 0 Å². The van der Waals surface area contributed by atoms with Crippen LogP contribution in [0.3, 0.4) is 0 Å². The highest BCUT2D eigenvalue weighted by molar-refractivity contribution is 6.17. The topological polar surface area (TPSA) is 13.1 Å². The summed E-state index contributed by atoms with van der Waals surface area (Å²) in [6.07, 6.45) is 0. The third kappa shape index (κ3) is 4.50. The monoisotopic (exact) mass is 739 g/mol. The van der Waals surface area contributed by atoms with E-state index < -0.39 is 5.54 Å². The fourth-order valence-electron chi connectivity index (χ4n) is 10.1. The van der Waals surface area contributed by atoms with Crippen molar-refractivity contribution in [2.45, 2.75) is 5.54 Å². The Labute approximate surface area is 336 Å². The highest BCUT2D eigenvalue weighted by Crippen LogP contribution is 2.56. The van der Waals surface area contributed by atoms with Gasteiger partial charge < -0.3 is 14.0 Å². The second kappa shape index (κ2) is 12.7. The number of para-hydroxylation sites is 4. The van der Waals surface area contributed by atoms with E-state index >= 15 is 0 Å². The first kappa shape index (κ1) is 32.6. The molecule has 0 radical (unpaired) electrons. The van der Waals surface area contributed by atoms with E-state index in [2.05, 4.69) is 238 Å². The van der Waals surface area contributed by atoms with Gasteiger partial charge in [-0.25, -0.2) is 0 Å². The molecular weight excluding hydrogens is 703 g/mol. The van der Waals surface area contributed by atoms with Crippen molar-refractivity contribution in [3.05, 3.63) is 241 Å². The second-order valence-electron chi connectivity index (χ2n) is 15.3. The van der Waals surface area contributed by atoms with Gasteiger partial charge in [-0.1, -0.05) is 158 Å². The summed E-state index contributed by atoms with van der Waals surface area (Å²) >= 11 is 0. The molecule has 0 N–H and O–H groups in total. The van der Waals surface area contributed by atoms with E-state index in [0.29, 0.717) is 0 Å². The van der Waals surface area contributed by atoms with Crippen LogP contribution in [0.15, 0.2) is 224 Å². The minimum absolute atomic E-state index is 0.621. The lowest BCUT2D eigenvalue weighted by Crippen LogP contribution is -2.35. The molecule has 11 aromatic rings. The molecule has 58 heavy (non-hydrogen) atoms. The maximum absolute atomic E-state index is 2.64. The summed E-state index contributed by atoms with van der Waals surface area (Å²) in [6.45, 7) is 0. The third-order valence-electron chi connectivity index (χ3n) is 12.3. The summed E-state index contributed by atoms with van der Waals surface area (Å²) in [5, 5.41) is 4.88. The Bertz CT molecular complexity index is 3290. The summed E-state index contributed by atoms with van der Waals surface area (Å²) in [7, 11) is 0. The van der Waals surface area contributed by atoms with Crippen molar-refractivity contribution >= 4 is 60.7 Å². The molecule has 0 fully saturated rings.